The van der Waals surface area contributed by atoms with E-state index < -0.39 is 20.4 Å². The van der Waals surface area contributed by atoms with Crippen LogP contribution >= 0.6 is 19.6 Å². The van der Waals surface area contributed by atoms with E-state index in [2.05, 4.69) is 14.5 Å². The monoisotopic (exact) mass is 552 g/mol. The molecule has 37 heavy (non-hydrogen) atoms. The molecule has 1 aromatic carbocycles. The number of aryl methyl sites for hydroxylation is 1. The highest BCUT2D eigenvalue weighted by Gasteiger charge is 2.21. The SMILES string of the molecule is CCOc1ccccc1/C=C(/S/C(CCOP(=O)(O)O)=C(/C)N(C=O)Cc1cnc(C)nc1N)C(=O)O. The lowest BCUT2D eigenvalue weighted by molar-refractivity contribution is -0.131. The van der Waals surface area contributed by atoms with Gasteiger partial charge in [0, 0.05) is 34.3 Å². The van der Waals surface area contributed by atoms with E-state index in [1.807, 2.05) is 0 Å². The number of nitrogen functional groups attached to an aromatic ring is 1. The van der Waals surface area contributed by atoms with E-state index in [1.54, 1.807) is 45.0 Å². The predicted octanol–water partition coefficient (Wildman–Crippen LogP) is 3.31. The lowest BCUT2D eigenvalue weighted by Crippen LogP contribution is -2.22. The number of hydrogen-bond acceptors (Lipinski definition) is 9. The van der Waals surface area contributed by atoms with E-state index in [0.29, 0.717) is 46.3 Å². The third-order valence-electron chi connectivity index (χ3n) is 4.86. The number of phosphoric ester groups is 1. The van der Waals surface area contributed by atoms with Crippen LogP contribution in [0.5, 0.6) is 5.75 Å². The summed E-state index contributed by atoms with van der Waals surface area (Å²) in [7, 11) is -4.77. The van der Waals surface area contributed by atoms with Crippen molar-refractivity contribution in [3.63, 3.8) is 0 Å². The van der Waals surface area contributed by atoms with Gasteiger partial charge in [0.05, 0.1) is 24.7 Å². The van der Waals surface area contributed by atoms with Gasteiger partial charge in [-0.15, -0.1) is 0 Å². The van der Waals surface area contributed by atoms with Crippen LogP contribution in [0.4, 0.5) is 5.82 Å². The van der Waals surface area contributed by atoms with E-state index in [4.69, 9.17) is 20.3 Å². The molecule has 0 atom stereocenters. The quantitative estimate of drug-likeness (QED) is 0.152. The summed E-state index contributed by atoms with van der Waals surface area (Å²) in [4.78, 5) is 51.9. The Morgan fingerprint density at radius 2 is 2.00 bits per heavy atom. The van der Waals surface area contributed by atoms with Crippen LogP contribution in [0.15, 0.2) is 46.0 Å². The minimum Gasteiger partial charge on any atom is -0.493 e. The maximum Gasteiger partial charge on any atom is 0.469 e. The minimum atomic E-state index is -4.77. The molecule has 0 aliphatic rings. The molecule has 0 saturated heterocycles. The number of aromatic nitrogens is 2. The lowest BCUT2D eigenvalue weighted by Gasteiger charge is -2.22. The lowest BCUT2D eigenvalue weighted by atomic mass is 10.2. The molecule has 14 heteroatoms. The van der Waals surface area contributed by atoms with E-state index in [1.165, 1.54) is 17.2 Å². The predicted molar refractivity (Wildman–Crippen MR) is 139 cm³/mol. The van der Waals surface area contributed by atoms with Gasteiger partial charge in [0.2, 0.25) is 6.41 Å². The fourth-order valence-corrected chi connectivity index (χ4v) is 4.39. The molecule has 1 heterocycles. The highest BCUT2D eigenvalue weighted by Crippen LogP contribution is 2.39. The molecule has 0 aliphatic carbocycles. The summed E-state index contributed by atoms with van der Waals surface area (Å²) in [5, 5.41) is 9.91. The number of allylic oxidation sites excluding steroid dienone is 1. The first-order valence-corrected chi connectivity index (χ1v) is 13.3. The zero-order chi connectivity index (χ0) is 27.6. The molecule has 2 aromatic rings. The van der Waals surface area contributed by atoms with Crippen LogP contribution in [0, 0.1) is 6.92 Å². The molecule has 12 nitrogen and oxygen atoms in total. The zero-order valence-electron chi connectivity index (χ0n) is 20.5. The number of nitrogens with two attached hydrogens (primary N) is 1. The van der Waals surface area contributed by atoms with Crippen LogP contribution in [0.25, 0.3) is 6.08 Å². The van der Waals surface area contributed by atoms with Crippen molar-refractivity contribution in [1.29, 1.82) is 0 Å². The molecule has 5 N–H and O–H groups in total. The first-order valence-electron chi connectivity index (χ1n) is 11.0. The fourth-order valence-electron chi connectivity index (χ4n) is 3.07. The molecular formula is C23H29N4O8PS. The Hall–Kier alpha value is -3.22. The largest absolute Gasteiger partial charge is 0.493 e. The van der Waals surface area contributed by atoms with Crippen LogP contribution in [-0.4, -0.2) is 55.4 Å². The summed E-state index contributed by atoms with van der Waals surface area (Å²) < 4.78 is 21.3. The van der Waals surface area contributed by atoms with E-state index in [-0.39, 0.29) is 23.7 Å². The van der Waals surface area contributed by atoms with Crippen molar-refractivity contribution in [1.82, 2.24) is 14.9 Å². The summed E-state index contributed by atoms with van der Waals surface area (Å²) in [6, 6.07) is 6.89. The molecular weight excluding hydrogens is 523 g/mol. The van der Waals surface area contributed by atoms with Crippen LogP contribution in [0.2, 0.25) is 0 Å². The topological polar surface area (TPSA) is 185 Å². The van der Waals surface area contributed by atoms with Crippen molar-refractivity contribution in [3.8, 4) is 5.75 Å². The molecule has 0 saturated carbocycles. The molecule has 0 fully saturated rings. The van der Waals surface area contributed by atoms with Gasteiger partial charge < -0.3 is 30.3 Å². The second kappa shape index (κ2) is 13.9. The molecule has 0 unspecified atom stereocenters. The molecule has 0 aliphatic heterocycles. The van der Waals surface area contributed by atoms with Crippen molar-refractivity contribution in [2.45, 2.75) is 33.7 Å². The molecule has 200 valence electrons. The van der Waals surface area contributed by atoms with Crippen LogP contribution in [0.3, 0.4) is 0 Å². The maximum absolute atomic E-state index is 12.1. The number of amides is 1. The third kappa shape index (κ3) is 9.63. The van der Waals surface area contributed by atoms with Crippen molar-refractivity contribution in [2.75, 3.05) is 18.9 Å². The van der Waals surface area contributed by atoms with Gasteiger partial charge in [0.25, 0.3) is 0 Å². The Labute approximate surface area is 218 Å². The van der Waals surface area contributed by atoms with E-state index in [9.17, 15) is 19.3 Å². The highest BCUT2D eigenvalue weighted by atomic mass is 32.2. The van der Waals surface area contributed by atoms with Crippen LogP contribution in [0.1, 0.15) is 37.2 Å². The number of anilines is 1. The number of carbonyl (C=O) groups excluding carboxylic acids is 1. The van der Waals surface area contributed by atoms with Gasteiger partial charge in [-0.3, -0.25) is 9.32 Å². The number of benzene rings is 1. The fraction of sp³-hybridized carbons (Fsp3) is 0.304. The van der Waals surface area contributed by atoms with E-state index >= 15 is 0 Å². The smallest absolute Gasteiger partial charge is 0.469 e. The van der Waals surface area contributed by atoms with E-state index in [0.717, 1.165) is 11.8 Å². The Morgan fingerprint density at radius 3 is 2.59 bits per heavy atom. The van der Waals surface area contributed by atoms with Gasteiger partial charge in [-0.1, -0.05) is 30.0 Å². The average Bonchev–Trinajstić information content (AvgIpc) is 2.82. The summed E-state index contributed by atoms with van der Waals surface area (Å²) in [5.74, 6) is -0.113. The van der Waals surface area contributed by atoms with Crippen LogP contribution < -0.4 is 10.5 Å². The standard InChI is InChI=1S/C23H29N4O8PS/c1-4-34-19-8-6-5-7-17(19)11-21(23(29)30)37-20(9-10-35-36(31,32)33)15(2)27(14-28)13-18-12-25-16(3)26-22(18)24/h5-8,11-12,14H,4,9-10,13H2,1-3H3,(H,29,30)(H2,24,25,26)(H2,31,32,33)/b20-15-,21-11+. The number of carboxylic acids is 1. The molecule has 2 rings (SSSR count). The number of para-hydroxylation sites is 1. The summed E-state index contributed by atoms with van der Waals surface area (Å²) >= 11 is 0.829. The second-order valence-electron chi connectivity index (χ2n) is 7.53. The minimum absolute atomic E-state index is 0.00977. The highest BCUT2D eigenvalue weighted by molar-refractivity contribution is 8.07. The summed E-state index contributed by atoms with van der Waals surface area (Å²) in [5.41, 5.74) is 7.27. The van der Waals surface area contributed by atoms with Crippen molar-refractivity contribution >= 4 is 43.9 Å². The van der Waals surface area contributed by atoms with Crippen LogP contribution in [-0.2, 0) is 25.2 Å². The summed E-state index contributed by atoms with van der Waals surface area (Å²) in [6.45, 7) is 5.00. The molecule has 0 spiro atoms. The number of phosphoric acid groups is 1. The molecule has 0 bridgehead atoms. The second-order valence-corrected chi connectivity index (χ2v) is 9.91. The maximum atomic E-state index is 12.1. The third-order valence-corrected chi connectivity index (χ3v) is 6.64. The Balaban J connectivity index is 2.48. The molecule has 0 radical (unpaired) electrons. The van der Waals surface area contributed by atoms with Gasteiger partial charge in [0.15, 0.2) is 0 Å². The molecule has 1 amide bonds. The van der Waals surface area contributed by atoms with Crippen molar-refractivity contribution < 1.29 is 38.3 Å². The number of carboxylic acid groups (broad SMARTS) is 1. The first kappa shape index (κ1) is 30.0. The van der Waals surface area contributed by atoms with Gasteiger partial charge in [-0.2, -0.15) is 0 Å². The number of nitrogens with zero attached hydrogens (tertiary/aromatic N) is 3. The summed E-state index contributed by atoms with van der Waals surface area (Å²) in [6.07, 6.45) is 3.35. The number of carbonyl (C=O) groups is 2. The first-order chi connectivity index (χ1) is 17.4. The Morgan fingerprint density at radius 1 is 1.30 bits per heavy atom. The normalized spacial score (nSPS) is 12.6. The number of aliphatic carboxylic acids is 1. The van der Waals surface area contributed by atoms with Gasteiger partial charge in [0.1, 0.15) is 17.4 Å². The Kier molecular flexibility index (Phi) is 11.3. The number of rotatable bonds is 14. The van der Waals surface area contributed by atoms with Gasteiger partial charge >= 0.3 is 13.8 Å². The zero-order valence-corrected chi connectivity index (χ0v) is 22.2. The molecule has 1 aromatic heterocycles. The number of hydrogen-bond donors (Lipinski definition) is 4. The average molecular weight is 553 g/mol. The van der Waals surface area contributed by atoms with Gasteiger partial charge in [-0.25, -0.2) is 19.3 Å². The van der Waals surface area contributed by atoms with Gasteiger partial charge in [-0.05, 0) is 32.9 Å². The van der Waals surface area contributed by atoms with Crippen molar-refractivity contribution in [2.24, 2.45) is 0 Å². The number of ether oxygens (including phenoxy) is 1. The van der Waals surface area contributed by atoms with Crippen molar-refractivity contribution in [3.05, 3.63) is 62.9 Å². The Bertz CT molecular complexity index is 1230. The number of thioether (sulfide) groups is 1.